The normalized spacial score (nSPS) is 13.6. The van der Waals surface area contributed by atoms with E-state index in [1.807, 2.05) is 37.4 Å². The number of aromatic nitrogens is 3. The second-order valence-electron chi connectivity index (χ2n) is 6.68. The predicted molar refractivity (Wildman–Crippen MR) is 104 cm³/mol. The van der Waals surface area contributed by atoms with Gasteiger partial charge in [0.05, 0.1) is 11.7 Å². The van der Waals surface area contributed by atoms with Crippen LogP contribution in [0.25, 0.3) is 11.0 Å². The Balaban J connectivity index is 1.63. The maximum absolute atomic E-state index is 11.2. The van der Waals surface area contributed by atoms with Crippen LogP contribution < -0.4 is 16.0 Å². The monoisotopic (exact) mass is 350 g/mol. The Hall–Kier alpha value is -3.09. The molecule has 7 nitrogen and oxygen atoms in total. The average Bonchev–Trinajstić information content (AvgIpc) is 3.36. The molecule has 2 aromatic heterocycles. The molecule has 1 aliphatic rings. The van der Waals surface area contributed by atoms with Crippen molar-refractivity contribution in [2.24, 2.45) is 5.92 Å². The minimum absolute atomic E-state index is 0.0923. The molecule has 0 aliphatic heterocycles. The van der Waals surface area contributed by atoms with E-state index in [4.69, 9.17) is 0 Å². The molecule has 1 aromatic carbocycles. The SMILES string of the molecule is CNc1nc2cnc(Nc3cccc(NC(C)=O)c3)cc2n1CC1CC1. The number of carbonyl (C=O) groups excluding carboxylic acids is 1. The fourth-order valence-electron chi connectivity index (χ4n) is 3.06. The quantitative estimate of drug-likeness (QED) is 0.633. The van der Waals surface area contributed by atoms with Crippen LogP contribution in [0, 0.1) is 5.92 Å². The summed E-state index contributed by atoms with van der Waals surface area (Å²) < 4.78 is 2.23. The van der Waals surface area contributed by atoms with E-state index in [0.717, 1.165) is 46.6 Å². The molecule has 0 spiro atoms. The molecule has 134 valence electrons. The molecule has 4 rings (SSSR count). The predicted octanol–water partition coefficient (Wildman–Crippen LogP) is 3.59. The Bertz CT molecular complexity index is 960. The summed E-state index contributed by atoms with van der Waals surface area (Å²) in [7, 11) is 1.89. The van der Waals surface area contributed by atoms with Crippen LogP contribution in [-0.4, -0.2) is 27.5 Å². The minimum Gasteiger partial charge on any atom is -0.359 e. The van der Waals surface area contributed by atoms with E-state index in [2.05, 4.69) is 30.5 Å². The Morgan fingerprint density at radius 1 is 1.27 bits per heavy atom. The summed E-state index contributed by atoms with van der Waals surface area (Å²) in [6.07, 6.45) is 4.36. The second-order valence-corrected chi connectivity index (χ2v) is 6.68. The smallest absolute Gasteiger partial charge is 0.221 e. The summed E-state index contributed by atoms with van der Waals surface area (Å²) in [5.74, 6) is 2.28. The number of imidazole rings is 1. The molecule has 0 unspecified atom stereocenters. The molecule has 0 bridgehead atoms. The number of pyridine rings is 1. The first kappa shape index (κ1) is 16.4. The van der Waals surface area contributed by atoms with E-state index in [1.54, 1.807) is 6.20 Å². The largest absolute Gasteiger partial charge is 0.359 e. The number of hydrogen-bond acceptors (Lipinski definition) is 5. The van der Waals surface area contributed by atoms with Gasteiger partial charge in [0, 0.05) is 38.0 Å². The van der Waals surface area contributed by atoms with Gasteiger partial charge in [0.1, 0.15) is 11.3 Å². The molecule has 1 aliphatic carbocycles. The molecule has 1 saturated carbocycles. The van der Waals surface area contributed by atoms with E-state index >= 15 is 0 Å². The van der Waals surface area contributed by atoms with Gasteiger partial charge in [-0.2, -0.15) is 0 Å². The molecule has 2 heterocycles. The van der Waals surface area contributed by atoms with Crippen molar-refractivity contribution >= 4 is 40.1 Å². The standard InChI is InChI=1S/C19H22N6O/c1-12(26)22-14-4-3-5-15(8-14)23-18-9-17-16(10-21-18)24-19(20-2)25(17)11-13-6-7-13/h3-5,8-10,13H,6-7,11H2,1-2H3,(H,20,24)(H,21,23)(H,22,26). The first-order valence-electron chi connectivity index (χ1n) is 8.81. The number of rotatable bonds is 6. The van der Waals surface area contributed by atoms with Gasteiger partial charge in [-0.25, -0.2) is 9.97 Å². The molecule has 1 amide bonds. The second kappa shape index (κ2) is 6.67. The number of anilines is 4. The summed E-state index contributed by atoms with van der Waals surface area (Å²) in [5, 5.41) is 9.27. The van der Waals surface area contributed by atoms with Crippen LogP contribution in [0.2, 0.25) is 0 Å². The van der Waals surface area contributed by atoms with Crippen molar-refractivity contribution in [1.29, 1.82) is 0 Å². The van der Waals surface area contributed by atoms with Crippen LogP contribution in [-0.2, 0) is 11.3 Å². The van der Waals surface area contributed by atoms with E-state index < -0.39 is 0 Å². The first-order chi connectivity index (χ1) is 12.6. The van der Waals surface area contributed by atoms with Crippen LogP contribution in [0.15, 0.2) is 36.5 Å². The van der Waals surface area contributed by atoms with E-state index in [9.17, 15) is 4.79 Å². The Labute approximate surface area is 151 Å². The number of nitrogens with zero attached hydrogens (tertiary/aromatic N) is 3. The zero-order valence-electron chi connectivity index (χ0n) is 14.9. The zero-order valence-corrected chi connectivity index (χ0v) is 14.9. The number of nitrogens with one attached hydrogen (secondary N) is 3. The highest BCUT2D eigenvalue weighted by Crippen LogP contribution is 2.33. The third-order valence-electron chi connectivity index (χ3n) is 4.45. The fraction of sp³-hybridized carbons (Fsp3) is 0.316. The lowest BCUT2D eigenvalue weighted by molar-refractivity contribution is -0.114. The summed E-state index contributed by atoms with van der Waals surface area (Å²) in [4.78, 5) is 20.3. The van der Waals surface area contributed by atoms with Gasteiger partial charge < -0.3 is 20.5 Å². The van der Waals surface area contributed by atoms with Gasteiger partial charge in [0.2, 0.25) is 11.9 Å². The molecule has 3 aromatic rings. The first-order valence-corrected chi connectivity index (χ1v) is 8.81. The number of carbonyl (C=O) groups is 1. The van der Waals surface area contributed by atoms with Crippen LogP contribution in [0.5, 0.6) is 0 Å². The maximum Gasteiger partial charge on any atom is 0.221 e. The third-order valence-corrected chi connectivity index (χ3v) is 4.45. The number of benzene rings is 1. The lowest BCUT2D eigenvalue weighted by atomic mass is 10.2. The van der Waals surface area contributed by atoms with Crippen LogP contribution in [0.4, 0.5) is 23.1 Å². The lowest BCUT2D eigenvalue weighted by Crippen LogP contribution is -2.06. The summed E-state index contributed by atoms with van der Waals surface area (Å²) in [5.41, 5.74) is 3.56. The van der Waals surface area contributed by atoms with Crippen molar-refractivity contribution in [2.75, 3.05) is 23.0 Å². The van der Waals surface area contributed by atoms with Crippen molar-refractivity contribution in [3.63, 3.8) is 0 Å². The highest BCUT2D eigenvalue weighted by molar-refractivity contribution is 5.89. The number of hydrogen-bond donors (Lipinski definition) is 3. The molecule has 3 N–H and O–H groups in total. The summed E-state index contributed by atoms with van der Waals surface area (Å²) >= 11 is 0. The molecule has 0 atom stereocenters. The highest BCUT2D eigenvalue weighted by atomic mass is 16.1. The minimum atomic E-state index is -0.0923. The van der Waals surface area contributed by atoms with Crippen molar-refractivity contribution < 1.29 is 4.79 Å². The lowest BCUT2D eigenvalue weighted by Gasteiger charge is -2.10. The maximum atomic E-state index is 11.2. The van der Waals surface area contributed by atoms with E-state index in [0.29, 0.717) is 0 Å². The zero-order chi connectivity index (χ0) is 18.1. The average molecular weight is 350 g/mol. The van der Waals surface area contributed by atoms with Gasteiger partial charge in [-0.1, -0.05) is 6.07 Å². The highest BCUT2D eigenvalue weighted by Gasteiger charge is 2.24. The van der Waals surface area contributed by atoms with E-state index in [-0.39, 0.29) is 5.91 Å². The van der Waals surface area contributed by atoms with Crippen molar-refractivity contribution in [2.45, 2.75) is 26.3 Å². The number of amides is 1. The van der Waals surface area contributed by atoms with Crippen LogP contribution in [0.3, 0.4) is 0 Å². The Morgan fingerprint density at radius 2 is 2.08 bits per heavy atom. The van der Waals surface area contributed by atoms with Gasteiger partial charge in [0.25, 0.3) is 0 Å². The molecule has 7 heteroatoms. The van der Waals surface area contributed by atoms with Gasteiger partial charge in [-0.05, 0) is 37.0 Å². The molecule has 0 radical (unpaired) electrons. The van der Waals surface area contributed by atoms with Crippen molar-refractivity contribution in [1.82, 2.24) is 14.5 Å². The van der Waals surface area contributed by atoms with Crippen molar-refractivity contribution in [3.05, 3.63) is 36.5 Å². The summed E-state index contributed by atoms with van der Waals surface area (Å²) in [6, 6.07) is 9.60. The molecular weight excluding hydrogens is 328 g/mol. The van der Waals surface area contributed by atoms with E-state index in [1.165, 1.54) is 19.8 Å². The Kier molecular flexibility index (Phi) is 4.20. The van der Waals surface area contributed by atoms with Crippen LogP contribution in [0.1, 0.15) is 19.8 Å². The van der Waals surface area contributed by atoms with Gasteiger partial charge in [-0.15, -0.1) is 0 Å². The third kappa shape index (κ3) is 3.46. The van der Waals surface area contributed by atoms with Gasteiger partial charge in [0.15, 0.2) is 0 Å². The summed E-state index contributed by atoms with van der Waals surface area (Å²) in [6.45, 7) is 2.48. The molecule has 26 heavy (non-hydrogen) atoms. The molecular formula is C19H22N6O. The Morgan fingerprint density at radius 3 is 2.81 bits per heavy atom. The molecule has 0 saturated heterocycles. The topological polar surface area (TPSA) is 83.9 Å². The van der Waals surface area contributed by atoms with Crippen LogP contribution >= 0.6 is 0 Å². The fourth-order valence-corrected chi connectivity index (χ4v) is 3.06. The van der Waals surface area contributed by atoms with Crippen molar-refractivity contribution in [3.8, 4) is 0 Å². The molecule has 1 fully saturated rings. The van der Waals surface area contributed by atoms with Gasteiger partial charge in [-0.3, -0.25) is 4.79 Å². The van der Waals surface area contributed by atoms with Gasteiger partial charge >= 0.3 is 0 Å². The number of fused-ring (bicyclic) bond motifs is 1.